The fraction of sp³-hybridized carbons (Fsp3) is 0.444. The number of nitrogens with zero attached hydrogens (tertiary/aromatic N) is 3. The van der Waals surface area contributed by atoms with Crippen LogP contribution in [0.25, 0.3) is 10.3 Å². The van der Waals surface area contributed by atoms with Gasteiger partial charge in [0.1, 0.15) is 12.6 Å². The Morgan fingerprint density at radius 3 is 2.93 bits per heavy atom. The van der Waals surface area contributed by atoms with Crippen molar-refractivity contribution in [1.29, 1.82) is 0 Å². The SMILES string of the molecule is CCCc1ncnc2nc([S+](C)[O-])sc12. The van der Waals surface area contributed by atoms with Crippen LogP contribution in [0.2, 0.25) is 0 Å². The lowest BCUT2D eigenvalue weighted by Gasteiger charge is -1.96. The Balaban J connectivity index is 2.54. The average molecular weight is 241 g/mol. The van der Waals surface area contributed by atoms with E-state index in [-0.39, 0.29) is 0 Å². The first-order valence-corrected chi connectivity index (χ1v) is 7.03. The van der Waals surface area contributed by atoms with Crippen molar-refractivity contribution < 1.29 is 4.55 Å². The van der Waals surface area contributed by atoms with Crippen molar-refractivity contribution in [2.75, 3.05) is 6.26 Å². The lowest BCUT2D eigenvalue weighted by Crippen LogP contribution is -1.95. The number of aryl methyl sites for hydroxylation is 1. The lowest BCUT2D eigenvalue weighted by molar-refractivity contribution is 0.600. The quantitative estimate of drug-likeness (QED) is 0.768. The molecule has 0 saturated heterocycles. The highest BCUT2D eigenvalue weighted by molar-refractivity contribution is 7.92. The van der Waals surface area contributed by atoms with Crippen LogP contribution in [0, 0.1) is 0 Å². The predicted molar refractivity (Wildman–Crippen MR) is 61.5 cm³/mol. The molecule has 0 aromatic carbocycles. The lowest BCUT2D eigenvalue weighted by atomic mass is 10.2. The van der Waals surface area contributed by atoms with Crippen molar-refractivity contribution >= 4 is 32.9 Å². The largest absolute Gasteiger partial charge is 0.610 e. The average Bonchev–Trinajstić information content (AvgIpc) is 2.63. The predicted octanol–water partition coefficient (Wildman–Crippen LogP) is 1.78. The molecule has 0 spiro atoms. The van der Waals surface area contributed by atoms with Crippen molar-refractivity contribution in [3.63, 3.8) is 0 Å². The first kappa shape index (κ1) is 10.8. The minimum absolute atomic E-state index is 0.628. The molecular formula is C9H11N3OS2. The zero-order chi connectivity index (χ0) is 10.8. The Bertz CT molecular complexity index is 469. The van der Waals surface area contributed by atoms with E-state index in [0.29, 0.717) is 9.99 Å². The van der Waals surface area contributed by atoms with Gasteiger partial charge in [-0.3, -0.25) is 0 Å². The van der Waals surface area contributed by atoms with Gasteiger partial charge in [-0.1, -0.05) is 24.7 Å². The maximum atomic E-state index is 11.3. The first-order chi connectivity index (χ1) is 7.22. The topological polar surface area (TPSA) is 61.7 Å². The van der Waals surface area contributed by atoms with E-state index in [1.165, 1.54) is 17.7 Å². The van der Waals surface area contributed by atoms with Crippen LogP contribution < -0.4 is 0 Å². The Hall–Kier alpha value is -0.720. The van der Waals surface area contributed by atoms with Crippen molar-refractivity contribution in [1.82, 2.24) is 15.0 Å². The van der Waals surface area contributed by atoms with E-state index in [9.17, 15) is 4.55 Å². The third kappa shape index (κ3) is 2.11. The second-order valence-electron chi connectivity index (χ2n) is 3.16. The molecule has 6 heteroatoms. The summed E-state index contributed by atoms with van der Waals surface area (Å²) in [6, 6.07) is 0. The van der Waals surface area contributed by atoms with E-state index < -0.39 is 11.2 Å². The van der Waals surface area contributed by atoms with Crippen LogP contribution in [0.4, 0.5) is 0 Å². The van der Waals surface area contributed by atoms with E-state index in [1.807, 2.05) is 0 Å². The number of fused-ring (bicyclic) bond motifs is 1. The van der Waals surface area contributed by atoms with Gasteiger partial charge in [-0.25, -0.2) is 9.97 Å². The summed E-state index contributed by atoms with van der Waals surface area (Å²) in [5.74, 6) is 0. The minimum atomic E-state index is -1.03. The number of hydrogen-bond acceptors (Lipinski definition) is 5. The van der Waals surface area contributed by atoms with Crippen molar-refractivity contribution in [2.45, 2.75) is 24.1 Å². The molecule has 1 unspecified atom stereocenters. The van der Waals surface area contributed by atoms with Gasteiger partial charge >= 0.3 is 4.34 Å². The molecule has 2 rings (SSSR count). The molecule has 0 N–H and O–H groups in total. The second-order valence-corrected chi connectivity index (χ2v) is 5.71. The van der Waals surface area contributed by atoms with Gasteiger partial charge in [-0.2, -0.15) is 4.98 Å². The molecule has 4 nitrogen and oxygen atoms in total. The molecule has 0 amide bonds. The van der Waals surface area contributed by atoms with Crippen LogP contribution in [-0.4, -0.2) is 25.8 Å². The molecule has 0 aliphatic carbocycles. The van der Waals surface area contributed by atoms with E-state index in [0.717, 1.165) is 23.2 Å². The van der Waals surface area contributed by atoms with Gasteiger partial charge < -0.3 is 4.55 Å². The molecule has 1 atom stereocenters. The molecule has 2 aromatic heterocycles. The van der Waals surface area contributed by atoms with Gasteiger partial charge in [0, 0.05) is 11.2 Å². The van der Waals surface area contributed by atoms with Crippen LogP contribution in [-0.2, 0) is 17.6 Å². The van der Waals surface area contributed by atoms with Crippen molar-refractivity contribution in [3.05, 3.63) is 12.0 Å². The van der Waals surface area contributed by atoms with E-state index in [1.54, 1.807) is 6.26 Å². The van der Waals surface area contributed by atoms with Gasteiger partial charge in [0.2, 0.25) is 0 Å². The smallest absolute Gasteiger partial charge is 0.303 e. The van der Waals surface area contributed by atoms with Crippen molar-refractivity contribution in [3.8, 4) is 0 Å². The molecule has 2 heterocycles. The molecule has 0 aliphatic heterocycles. The normalized spacial score (nSPS) is 13.3. The van der Waals surface area contributed by atoms with Crippen LogP contribution in [0.5, 0.6) is 0 Å². The molecule has 0 aliphatic rings. The number of thiazole rings is 1. The fourth-order valence-electron chi connectivity index (χ4n) is 1.32. The standard InChI is InChI=1S/C9H11N3OS2/c1-3-4-6-7-8(11-5-10-6)12-9(14-7)15(2)13/h5H,3-4H2,1-2H3. The minimum Gasteiger partial charge on any atom is -0.610 e. The van der Waals surface area contributed by atoms with E-state index in [4.69, 9.17) is 0 Å². The van der Waals surface area contributed by atoms with Gasteiger partial charge in [0.05, 0.1) is 10.4 Å². The van der Waals surface area contributed by atoms with Crippen molar-refractivity contribution in [2.24, 2.45) is 0 Å². The van der Waals surface area contributed by atoms with Gasteiger partial charge in [0.15, 0.2) is 5.65 Å². The highest BCUT2D eigenvalue weighted by Crippen LogP contribution is 2.26. The van der Waals surface area contributed by atoms with Gasteiger partial charge in [0.25, 0.3) is 0 Å². The fourth-order valence-corrected chi connectivity index (χ4v) is 3.02. The summed E-state index contributed by atoms with van der Waals surface area (Å²) in [7, 11) is 0. The Labute approximate surface area is 95.0 Å². The zero-order valence-electron chi connectivity index (χ0n) is 8.56. The summed E-state index contributed by atoms with van der Waals surface area (Å²) in [6.45, 7) is 2.11. The van der Waals surface area contributed by atoms with Gasteiger partial charge in [-0.05, 0) is 6.42 Å². The third-order valence-corrected chi connectivity index (χ3v) is 4.40. The molecule has 80 valence electrons. The summed E-state index contributed by atoms with van der Waals surface area (Å²) >= 11 is 0.401. The van der Waals surface area contributed by atoms with Crippen LogP contribution in [0.15, 0.2) is 10.7 Å². The molecule has 15 heavy (non-hydrogen) atoms. The van der Waals surface area contributed by atoms with Crippen LogP contribution in [0.3, 0.4) is 0 Å². The molecule has 2 aromatic rings. The maximum absolute atomic E-state index is 11.3. The Kier molecular flexibility index (Phi) is 3.18. The summed E-state index contributed by atoms with van der Waals surface area (Å²) in [6.07, 6.45) is 5.10. The number of rotatable bonds is 3. The zero-order valence-corrected chi connectivity index (χ0v) is 10.2. The highest BCUT2D eigenvalue weighted by Gasteiger charge is 2.15. The van der Waals surface area contributed by atoms with E-state index >= 15 is 0 Å². The van der Waals surface area contributed by atoms with Crippen LogP contribution >= 0.6 is 11.3 Å². The van der Waals surface area contributed by atoms with E-state index in [2.05, 4.69) is 21.9 Å². The summed E-state index contributed by atoms with van der Waals surface area (Å²) in [5, 5.41) is 0. The van der Waals surface area contributed by atoms with Gasteiger partial charge in [-0.15, -0.1) is 0 Å². The molecule has 0 bridgehead atoms. The molecular weight excluding hydrogens is 230 g/mol. The second kappa shape index (κ2) is 4.42. The Morgan fingerprint density at radius 1 is 1.47 bits per heavy atom. The molecule has 0 radical (unpaired) electrons. The first-order valence-electron chi connectivity index (χ1n) is 4.66. The number of aromatic nitrogens is 3. The summed E-state index contributed by atoms with van der Waals surface area (Å²) in [5.41, 5.74) is 1.68. The summed E-state index contributed by atoms with van der Waals surface area (Å²) < 4.78 is 12.9. The molecule has 0 fully saturated rings. The summed E-state index contributed by atoms with van der Waals surface area (Å²) in [4.78, 5) is 12.5. The monoisotopic (exact) mass is 241 g/mol. The highest BCUT2D eigenvalue weighted by atomic mass is 32.2. The Morgan fingerprint density at radius 2 is 2.27 bits per heavy atom. The number of hydrogen-bond donors (Lipinski definition) is 0. The van der Waals surface area contributed by atoms with Crippen LogP contribution in [0.1, 0.15) is 19.0 Å². The third-order valence-electron chi connectivity index (χ3n) is 1.98. The maximum Gasteiger partial charge on any atom is 0.303 e. The molecule has 0 saturated carbocycles.